The van der Waals surface area contributed by atoms with E-state index < -0.39 is 5.97 Å². The van der Waals surface area contributed by atoms with E-state index in [-0.39, 0.29) is 18.3 Å². The molecular formula is C16H21NO5. The first-order valence-corrected chi connectivity index (χ1v) is 7.05. The Kier molecular flexibility index (Phi) is 7.53. The van der Waals surface area contributed by atoms with Crippen molar-refractivity contribution in [2.45, 2.75) is 19.8 Å². The summed E-state index contributed by atoms with van der Waals surface area (Å²) in [4.78, 5) is 22.9. The lowest BCUT2D eigenvalue weighted by atomic mass is 10.2. The number of unbranched alkanes of at least 4 members (excludes halogenated alkanes) is 1. The van der Waals surface area contributed by atoms with Crippen LogP contribution in [0.25, 0.3) is 6.08 Å². The summed E-state index contributed by atoms with van der Waals surface area (Å²) in [6.45, 7) is 2.30. The largest absolute Gasteiger partial charge is 0.504 e. The highest BCUT2D eigenvalue weighted by molar-refractivity contribution is 5.89. The lowest BCUT2D eigenvalue weighted by Gasteiger charge is -2.05. The minimum absolute atomic E-state index is 0.0194. The lowest BCUT2D eigenvalue weighted by molar-refractivity contribution is -0.143. The van der Waals surface area contributed by atoms with E-state index in [1.165, 1.54) is 25.3 Å². The lowest BCUT2D eigenvalue weighted by Crippen LogP contribution is -2.29. The van der Waals surface area contributed by atoms with Crippen LogP contribution in [0.5, 0.6) is 11.5 Å². The second-order valence-corrected chi connectivity index (χ2v) is 4.58. The van der Waals surface area contributed by atoms with Gasteiger partial charge in [0.25, 0.3) is 5.91 Å². The molecular weight excluding hydrogens is 286 g/mol. The number of ether oxygens (including phenoxy) is 2. The van der Waals surface area contributed by atoms with E-state index in [1.807, 2.05) is 6.92 Å². The van der Waals surface area contributed by atoms with Crippen LogP contribution >= 0.6 is 0 Å². The van der Waals surface area contributed by atoms with Gasteiger partial charge in [0.1, 0.15) is 0 Å². The van der Waals surface area contributed by atoms with E-state index in [4.69, 9.17) is 9.47 Å². The molecule has 2 N–H and O–H groups in total. The monoisotopic (exact) mass is 307 g/mol. The average molecular weight is 307 g/mol. The van der Waals surface area contributed by atoms with Crippen LogP contribution in [0.3, 0.4) is 0 Å². The fourth-order valence-corrected chi connectivity index (χ4v) is 1.60. The number of carbonyl (C=O) groups excluding carboxylic acids is 2. The van der Waals surface area contributed by atoms with Gasteiger partial charge in [-0.05, 0) is 30.2 Å². The molecule has 1 amide bonds. The zero-order valence-corrected chi connectivity index (χ0v) is 12.8. The zero-order valence-electron chi connectivity index (χ0n) is 12.8. The van der Waals surface area contributed by atoms with Gasteiger partial charge in [-0.15, -0.1) is 0 Å². The molecule has 120 valence electrons. The van der Waals surface area contributed by atoms with Crippen molar-refractivity contribution in [1.29, 1.82) is 0 Å². The predicted octanol–water partition coefficient (Wildman–Crippen LogP) is 1.87. The van der Waals surface area contributed by atoms with Gasteiger partial charge in [0.2, 0.25) is 0 Å². The number of rotatable bonds is 8. The molecule has 1 aromatic carbocycles. The van der Waals surface area contributed by atoms with Crippen LogP contribution < -0.4 is 10.1 Å². The van der Waals surface area contributed by atoms with Crippen LogP contribution in [-0.4, -0.2) is 37.2 Å². The van der Waals surface area contributed by atoms with Crippen molar-refractivity contribution in [1.82, 2.24) is 5.32 Å². The summed E-state index contributed by atoms with van der Waals surface area (Å²) in [5.41, 5.74) is 0.666. The van der Waals surface area contributed by atoms with Crippen LogP contribution in [0.1, 0.15) is 25.3 Å². The highest BCUT2D eigenvalue weighted by Crippen LogP contribution is 2.26. The van der Waals surface area contributed by atoms with Gasteiger partial charge >= 0.3 is 5.97 Å². The number of hydrogen-bond acceptors (Lipinski definition) is 5. The molecule has 1 aromatic rings. The van der Waals surface area contributed by atoms with Crippen molar-refractivity contribution in [2.24, 2.45) is 0 Å². The third kappa shape index (κ3) is 6.30. The summed E-state index contributed by atoms with van der Waals surface area (Å²) in [6.07, 6.45) is 4.60. The van der Waals surface area contributed by atoms with Crippen molar-refractivity contribution in [3.05, 3.63) is 29.8 Å². The highest BCUT2D eigenvalue weighted by Gasteiger charge is 2.05. The molecule has 6 heteroatoms. The second kappa shape index (κ2) is 9.44. The van der Waals surface area contributed by atoms with Gasteiger partial charge in [0, 0.05) is 12.6 Å². The molecule has 6 nitrogen and oxygen atoms in total. The number of phenols is 1. The van der Waals surface area contributed by atoms with Gasteiger partial charge in [-0.3, -0.25) is 4.79 Å². The fraction of sp³-hybridized carbons (Fsp3) is 0.375. The Morgan fingerprint density at radius 3 is 2.82 bits per heavy atom. The predicted molar refractivity (Wildman–Crippen MR) is 82.6 cm³/mol. The third-order valence-corrected chi connectivity index (χ3v) is 2.81. The van der Waals surface area contributed by atoms with Crippen molar-refractivity contribution in [2.75, 3.05) is 20.3 Å². The first-order chi connectivity index (χ1) is 10.6. The minimum Gasteiger partial charge on any atom is -0.504 e. The van der Waals surface area contributed by atoms with Crippen molar-refractivity contribution < 1.29 is 24.2 Å². The first kappa shape index (κ1) is 17.6. The fourth-order valence-electron chi connectivity index (χ4n) is 1.60. The number of methoxy groups -OCH3 is 1. The van der Waals surface area contributed by atoms with Gasteiger partial charge in [-0.1, -0.05) is 19.4 Å². The molecule has 1 rings (SSSR count). The molecule has 0 radical (unpaired) electrons. The summed E-state index contributed by atoms with van der Waals surface area (Å²) < 4.78 is 9.78. The molecule has 0 fully saturated rings. The Hall–Kier alpha value is -2.50. The Morgan fingerprint density at radius 2 is 2.14 bits per heavy atom. The maximum absolute atomic E-state index is 11.5. The first-order valence-electron chi connectivity index (χ1n) is 7.05. The third-order valence-electron chi connectivity index (χ3n) is 2.81. The molecule has 0 saturated heterocycles. The number of nitrogens with one attached hydrogen (secondary N) is 1. The summed E-state index contributed by atoms with van der Waals surface area (Å²) in [7, 11) is 1.44. The van der Waals surface area contributed by atoms with Crippen LogP contribution in [0.15, 0.2) is 24.3 Å². The molecule has 0 unspecified atom stereocenters. The van der Waals surface area contributed by atoms with Gasteiger partial charge < -0.3 is 19.9 Å². The van der Waals surface area contributed by atoms with Gasteiger partial charge in [0.05, 0.1) is 7.11 Å². The van der Waals surface area contributed by atoms with Crippen LogP contribution in [0, 0.1) is 0 Å². The molecule has 0 heterocycles. The van der Waals surface area contributed by atoms with Crippen LogP contribution in [-0.2, 0) is 14.3 Å². The molecule has 22 heavy (non-hydrogen) atoms. The summed E-state index contributed by atoms with van der Waals surface area (Å²) in [6, 6.07) is 4.67. The maximum Gasteiger partial charge on any atom is 0.331 e. The van der Waals surface area contributed by atoms with E-state index in [1.54, 1.807) is 12.1 Å². The van der Waals surface area contributed by atoms with Crippen molar-refractivity contribution in [3.63, 3.8) is 0 Å². The van der Waals surface area contributed by atoms with E-state index in [0.717, 1.165) is 12.8 Å². The average Bonchev–Trinajstić information content (AvgIpc) is 2.52. The second-order valence-electron chi connectivity index (χ2n) is 4.58. The Labute approximate surface area is 129 Å². The minimum atomic E-state index is -0.613. The Balaban J connectivity index is 2.43. The summed E-state index contributed by atoms with van der Waals surface area (Å²) in [5.74, 6) is -0.601. The Bertz CT molecular complexity index is 539. The molecule has 0 aromatic heterocycles. The number of aromatic hydroxyl groups is 1. The van der Waals surface area contributed by atoms with E-state index in [2.05, 4.69) is 5.32 Å². The standard InChI is InChI=1S/C16H21NO5/c1-3-4-9-17-15(19)11-22-16(20)8-6-12-5-7-13(18)14(10-12)21-2/h5-8,10,18H,3-4,9,11H2,1-2H3,(H,17,19)/b8-6+. The molecule has 0 atom stereocenters. The van der Waals surface area contributed by atoms with Crippen LogP contribution in [0.2, 0.25) is 0 Å². The highest BCUT2D eigenvalue weighted by atomic mass is 16.5. The topological polar surface area (TPSA) is 84.9 Å². The van der Waals surface area contributed by atoms with E-state index in [0.29, 0.717) is 17.9 Å². The molecule has 0 saturated carbocycles. The summed E-state index contributed by atoms with van der Waals surface area (Å²) in [5, 5.41) is 12.1. The smallest absolute Gasteiger partial charge is 0.331 e. The number of phenolic OH excluding ortho intramolecular Hbond substituents is 1. The summed E-state index contributed by atoms with van der Waals surface area (Å²) >= 11 is 0. The van der Waals surface area contributed by atoms with Gasteiger partial charge in [0.15, 0.2) is 18.1 Å². The Morgan fingerprint density at radius 1 is 1.36 bits per heavy atom. The number of amides is 1. The maximum atomic E-state index is 11.5. The molecule has 0 aliphatic carbocycles. The number of hydrogen-bond donors (Lipinski definition) is 2. The molecule has 0 aliphatic rings. The van der Waals surface area contributed by atoms with Gasteiger partial charge in [-0.25, -0.2) is 4.79 Å². The van der Waals surface area contributed by atoms with Crippen LogP contribution in [0.4, 0.5) is 0 Å². The van der Waals surface area contributed by atoms with E-state index in [9.17, 15) is 14.7 Å². The zero-order chi connectivity index (χ0) is 16.4. The normalized spacial score (nSPS) is 10.5. The SMILES string of the molecule is CCCCNC(=O)COC(=O)/C=C/c1ccc(O)c(OC)c1. The molecule has 0 aliphatic heterocycles. The number of carbonyl (C=O) groups is 2. The molecule has 0 bridgehead atoms. The quantitative estimate of drug-likeness (QED) is 0.435. The van der Waals surface area contributed by atoms with E-state index >= 15 is 0 Å². The molecule has 0 spiro atoms. The number of benzene rings is 1. The van der Waals surface area contributed by atoms with Gasteiger partial charge in [-0.2, -0.15) is 0 Å². The number of esters is 1. The van der Waals surface area contributed by atoms with Crippen molar-refractivity contribution in [3.8, 4) is 11.5 Å². The van der Waals surface area contributed by atoms with Crippen molar-refractivity contribution >= 4 is 18.0 Å².